The highest BCUT2D eigenvalue weighted by molar-refractivity contribution is 5.16. The highest BCUT2D eigenvalue weighted by Crippen LogP contribution is 2.11. The minimum absolute atomic E-state index is 0.393. The van der Waals surface area contributed by atoms with Crippen LogP contribution in [0.4, 0.5) is 0 Å². The molecule has 2 atom stereocenters. The molecule has 1 fully saturated rings. The topological polar surface area (TPSA) is 38.0 Å². The number of hydrogen-bond donors (Lipinski definition) is 2. The lowest BCUT2D eigenvalue weighted by molar-refractivity contribution is 0.360. The molecular formula is C12H18N2. The predicted molar refractivity (Wildman–Crippen MR) is 59.1 cm³/mol. The van der Waals surface area contributed by atoms with E-state index in [1.165, 1.54) is 5.56 Å². The molecule has 3 N–H and O–H groups in total. The van der Waals surface area contributed by atoms with Crippen LogP contribution in [0.3, 0.4) is 0 Å². The lowest BCUT2D eigenvalue weighted by atomic mass is 9.95. The Morgan fingerprint density at radius 2 is 2.07 bits per heavy atom. The molecule has 2 nitrogen and oxygen atoms in total. The van der Waals surface area contributed by atoms with E-state index in [1.54, 1.807) is 0 Å². The average Bonchev–Trinajstić information content (AvgIpc) is 2.19. The molecule has 2 rings (SSSR count). The molecule has 2 heteroatoms. The summed E-state index contributed by atoms with van der Waals surface area (Å²) in [6.45, 7) is 1.07. The van der Waals surface area contributed by atoms with Gasteiger partial charge in [0.25, 0.3) is 0 Å². The van der Waals surface area contributed by atoms with E-state index >= 15 is 0 Å². The maximum Gasteiger partial charge on any atom is 0.0122 e. The summed E-state index contributed by atoms with van der Waals surface area (Å²) in [6.07, 6.45) is 3.33. The van der Waals surface area contributed by atoms with E-state index in [0.717, 1.165) is 25.8 Å². The third-order valence-electron chi connectivity index (χ3n) is 2.86. The van der Waals surface area contributed by atoms with Crippen molar-refractivity contribution in [3.63, 3.8) is 0 Å². The van der Waals surface area contributed by atoms with E-state index in [1.807, 2.05) is 0 Å². The van der Waals surface area contributed by atoms with Crippen molar-refractivity contribution in [2.24, 2.45) is 5.73 Å². The zero-order chi connectivity index (χ0) is 9.80. The first kappa shape index (κ1) is 9.69. The predicted octanol–water partition coefficient (Wildman–Crippen LogP) is 1.31. The van der Waals surface area contributed by atoms with Crippen LogP contribution in [0, 0.1) is 0 Å². The van der Waals surface area contributed by atoms with Crippen LogP contribution in [-0.2, 0) is 6.42 Å². The van der Waals surface area contributed by atoms with Gasteiger partial charge in [-0.05, 0) is 31.4 Å². The van der Waals surface area contributed by atoms with Crippen molar-refractivity contribution in [1.29, 1.82) is 0 Å². The molecule has 0 radical (unpaired) electrons. The van der Waals surface area contributed by atoms with Gasteiger partial charge in [-0.25, -0.2) is 0 Å². The van der Waals surface area contributed by atoms with Gasteiger partial charge in [0.15, 0.2) is 0 Å². The van der Waals surface area contributed by atoms with E-state index in [9.17, 15) is 0 Å². The van der Waals surface area contributed by atoms with Crippen LogP contribution >= 0.6 is 0 Å². The summed E-state index contributed by atoms with van der Waals surface area (Å²) in [5.41, 5.74) is 7.34. The molecule has 1 aromatic rings. The number of piperidine rings is 1. The van der Waals surface area contributed by atoms with E-state index < -0.39 is 0 Å². The Balaban J connectivity index is 1.91. The molecule has 76 valence electrons. The molecule has 2 unspecified atom stereocenters. The van der Waals surface area contributed by atoms with Crippen LogP contribution in [0.1, 0.15) is 18.4 Å². The maximum absolute atomic E-state index is 5.94. The number of nitrogens with one attached hydrogen (secondary N) is 1. The first-order valence-corrected chi connectivity index (χ1v) is 5.37. The normalized spacial score (nSPS) is 27.5. The average molecular weight is 190 g/mol. The second-order valence-corrected chi connectivity index (χ2v) is 4.13. The van der Waals surface area contributed by atoms with E-state index in [2.05, 4.69) is 35.6 Å². The molecule has 0 saturated carbocycles. The van der Waals surface area contributed by atoms with Crippen molar-refractivity contribution in [2.75, 3.05) is 6.54 Å². The van der Waals surface area contributed by atoms with Crippen molar-refractivity contribution in [3.8, 4) is 0 Å². The number of rotatable bonds is 2. The largest absolute Gasteiger partial charge is 0.328 e. The monoisotopic (exact) mass is 190 g/mol. The van der Waals surface area contributed by atoms with E-state index in [0.29, 0.717) is 12.1 Å². The summed E-state index contributed by atoms with van der Waals surface area (Å²) in [4.78, 5) is 0. The van der Waals surface area contributed by atoms with Crippen molar-refractivity contribution >= 4 is 0 Å². The quantitative estimate of drug-likeness (QED) is 0.738. The van der Waals surface area contributed by atoms with Crippen LogP contribution in [-0.4, -0.2) is 18.6 Å². The summed E-state index contributed by atoms with van der Waals surface area (Å²) < 4.78 is 0. The lowest BCUT2D eigenvalue weighted by Gasteiger charge is -2.28. The molecular weight excluding hydrogens is 172 g/mol. The SMILES string of the molecule is NC1CCNC(Cc2ccccc2)C1. The second-order valence-electron chi connectivity index (χ2n) is 4.13. The fourth-order valence-electron chi connectivity index (χ4n) is 2.09. The Morgan fingerprint density at radius 1 is 1.29 bits per heavy atom. The maximum atomic E-state index is 5.94. The Hall–Kier alpha value is -0.860. The lowest BCUT2D eigenvalue weighted by Crippen LogP contribution is -2.44. The van der Waals surface area contributed by atoms with E-state index in [4.69, 9.17) is 5.73 Å². The van der Waals surface area contributed by atoms with Gasteiger partial charge in [-0.15, -0.1) is 0 Å². The molecule has 0 amide bonds. The Labute approximate surface area is 85.5 Å². The van der Waals surface area contributed by atoms with Gasteiger partial charge in [-0.2, -0.15) is 0 Å². The summed E-state index contributed by atoms with van der Waals surface area (Å²) >= 11 is 0. The van der Waals surface area contributed by atoms with Gasteiger partial charge in [0.1, 0.15) is 0 Å². The van der Waals surface area contributed by atoms with Crippen LogP contribution in [0.2, 0.25) is 0 Å². The van der Waals surface area contributed by atoms with Gasteiger partial charge in [0.2, 0.25) is 0 Å². The summed E-state index contributed by atoms with van der Waals surface area (Å²) in [5.74, 6) is 0. The second kappa shape index (κ2) is 4.58. The molecule has 1 aliphatic heterocycles. The molecule has 0 bridgehead atoms. The zero-order valence-corrected chi connectivity index (χ0v) is 8.45. The molecule has 0 spiro atoms. The smallest absolute Gasteiger partial charge is 0.0122 e. The summed E-state index contributed by atoms with van der Waals surface area (Å²) in [7, 11) is 0. The minimum Gasteiger partial charge on any atom is -0.328 e. The minimum atomic E-state index is 0.393. The number of benzene rings is 1. The number of nitrogens with two attached hydrogens (primary N) is 1. The van der Waals surface area contributed by atoms with Crippen LogP contribution in [0.5, 0.6) is 0 Å². The van der Waals surface area contributed by atoms with Gasteiger partial charge in [0, 0.05) is 12.1 Å². The molecule has 0 aromatic heterocycles. The zero-order valence-electron chi connectivity index (χ0n) is 8.45. The van der Waals surface area contributed by atoms with Crippen molar-refractivity contribution in [2.45, 2.75) is 31.3 Å². The fraction of sp³-hybridized carbons (Fsp3) is 0.500. The highest BCUT2D eigenvalue weighted by Gasteiger charge is 2.18. The first-order valence-electron chi connectivity index (χ1n) is 5.37. The van der Waals surface area contributed by atoms with Crippen LogP contribution in [0.25, 0.3) is 0 Å². The first-order chi connectivity index (χ1) is 6.84. The summed E-state index contributed by atoms with van der Waals surface area (Å²) in [5, 5.41) is 3.52. The van der Waals surface area contributed by atoms with Crippen molar-refractivity contribution in [3.05, 3.63) is 35.9 Å². The van der Waals surface area contributed by atoms with Gasteiger partial charge in [-0.1, -0.05) is 30.3 Å². The third-order valence-corrected chi connectivity index (χ3v) is 2.86. The van der Waals surface area contributed by atoms with Crippen LogP contribution in [0.15, 0.2) is 30.3 Å². The molecule has 1 saturated heterocycles. The third kappa shape index (κ3) is 2.56. The Kier molecular flexibility index (Phi) is 3.17. The van der Waals surface area contributed by atoms with Gasteiger partial charge in [0.05, 0.1) is 0 Å². The van der Waals surface area contributed by atoms with Crippen molar-refractivity contribution in [1.82, 2.24) is 5.32 Å². The van der Waals surface area contributed by atoms with Crippen molar-refractivity contribution < 1.29 is 0 Å². The van der Waals surface area contributed by atoms with Crippen LogP contribution < -0.4 is 11.1 Å². The van der Waals surface area contributed by atoms with Gasteiger partial charge >= 0.3 is 0 Å². The molecule has 1 heterocycles. The van der Waals surface area contributed by atoms with Gasteiger partial charge in [-0.3, -0.25) is 0 Å². The van der Waals surface area contributed by atoms with E-state index in [-0.39, 0.29) is 0 Å². The standard InChI is InChI=1S/C12H18N2/c13-11-6-7-14-12(9-11)8-10-4-2-1-3-5-10/h1-5,11-12,14H,6-9,13H2. The van der Waals surface area contributed by atoms with Gasteiger partial charge < -0.3 is 11.1 Å². The summed E-state index contributed by atoms with van der Waals surface area (Å²) in [6, 6.07) is 11.6. The number of hydrogen-bond acceptors (Lipinski definition) is 2. The fourth-order valence-corrected chi connectivity index (χ4v) is 2.09. The Morgan fingerprint density at radius 3 is 2.79 bits per heavy atom. The molecule has 0 aliphatic carbocycles. The molecule has 1 aromatic carbocycles. The molecule has 1 aliphatic rings. The Bertz CT molecular complexity index is 271. The highest BCUT2D eigenvalue weighted by atomic mass is 14.9. The molecule has 14 heavy (non-hydrogen) atoms.